The Bertz CT molecular complexity index is 635. The zero-order valence-electron chi connectivity index (χ0n) is 13.8. The second-order valence-corrected chi connectivity index (χ2v) is 5.71. The number of nitrogens with one attached hydrogen (secondary N) is 1. The highest BCUT2D eigenvalue weighted by Gasteiger charge is 2.11. The van der Waals surface area contributed by atoms with Crippen molar-refractivity contribution < 1.29 is 14.3 Å². The molecule has 1 N–H and O–H groups in total. The van der Waals surface area contributed by atoms with Gasteiger partial charge in [0.1, 0.15) is 11.5 Å². The lowest BCUT2D eigenvalue weighted by molar-refractivity contribution is 0.102. The minimum atomic E-state index is -0.198. The van der Waals surface area contributed by atoms with E-state index in [0.29, 0.717) is 23.8 Å². The molecule has 2 aromatic rings. The van der Waals surface area contributed by atoms with Crippen molar-refractivity contribution in [3.63, 3.8) is 0 Å². The number of hydrogen-bond donors (Lipinski definition) is 1. The Hall–Kier alpha value is -2.49. The third kappa shape index (κ3) is 5.02. The number of methoxy groups -OCH3 is 1. The van der Waals surface area contributed by atoms with Crippen molar-refractivity contribution >= 4 is 11.6 Å². The van der Waals surface area contributed by atoms with E-state index in [1.807, 2.05) is 36.4 Å². The molecule has 1 amide bonds. The van der Waals surface area contributed by atoms with E-state index < -0.39 is 0 Å². The van der Waals surface area contributed by atoms with Crippen LogP contribution in [0.3, 0.4) is 0 Å². The second-order valence-electron chi connectivity index (χ2n) is 5.71. The van der Waals surface area contributed by atoms with Gasteiger partial charge in [0.25, 0.3) is 5.91 Å². The van der Waals surface area contributed by atoms with Crippen LogP contribution in [-0.4, -0.2) is 19.6 Å². The highest BCUT2D eigenvalue weighted by Crippen LogP contribution is 2.21. The Balaban J connectivity index is 1.96. The molecule has 4 nitrogen and oxygen atoms in total. The molecule has 0 saturated heterocycles. The van der Waals surface area contributed by atoms with Gasteiger partial charge in [0.05, 0.1) is 19.3 Å². The highest BCUT2D eigenvalue weighted by atomic mass is 16.5. The predicted octanol–water partition coefficient (Wildman–Crippen LogP) is 4.37. The Morgan fingerprint density at radius 3 is 2.43 bits per heavy atom. The summed E-state index contributed by atoms with van der Waals surface area (Å²) >= 11 is 0. The van der Waals surface area contributed by atoms with Gasteiger partial charge in [0, 0.05) is 5.69 Å². The molecule has 0 fully saturated rings. The largest absolute Gasteiger partial charge is 0.496 e. The lowest BCUT2D eigenvalue weighted by Crippen LogP contribution is -2.13. The van der Waals surface area contributed by atoms with Crippen LogP contribution in [-0.2, 0) is 0 Å². The van der Waals surface area contributed by atoms with Gasteiger partial charge in [-0.1, -0.05) is 26.0 Å². The van der Waals surface area contributed by atoms with Crippen LogP contribution in [0.15, 0.2) is 48.5 Å². The maximum atomic E-state index is 12.3. The van der Waals surface area contributed by atoms with Gasteiger partial charge in [-0.2, -0.15) is 0 Å². The molecular weight excluding hydrogens is 290 g/mol. The standard InChI is InChI=1S/C19H23NO3/c1-14(2)12-13-23-16-10-8-15(9-11-16)20-19(21)17-6-4-5-7-18(17)22-3/h4-11,14H,12-13H2,1-3H3,(H,20,21). The summed E-state index contributed by atoms with van der Waals surface area (Å²) in [6, 6.07) is 14.5. The number of benzene rings is 2. The summed E-state index contributed by atoms with van der Waals surface area (Å²) < 4.78 is 10.9. The number of ether oxygens (including phenoxy) is 2. The average Bonchev–Trinajstić information content (AvgIpc) is 2.56. The molecule has 0 aliphatic carbocycles. The second kappa shape index (κ2) is 8.22. The SMILES string of the molecule is COc1ccccc1C(=O)Nc1ccc(OCCC(C)C)cc1. The normalized spacial score (nSPS) is 10.4. The van der Waals surface area contributed by atoms with Gasteiger partial charge in [0.2, 0.25) is 0 Å². The van der Waals surface area contributed by atoms with Crippen LogP contribution < -0.4 is 14.8 Å². The molecule has 0 radical (unpaired) electrons. The number of amides is 1. The van der Waals surface area contributed by atoms with Crippen molar-refractivity contribution in [1.29, 1.82) is 0 Å². The van der Waals surface area contributed by atoms with Gasteiger partial charge in [-0.25, -0.2) is 0 Å². The van der Waals surface area contributed by atoms with Crippen LogP contribution in [0.4, 0.5) is 5.69 Å². The summed E-state index contributed by atoms with van der Waals surface area (Å²) in [5, 5.41) is 2.86. The number of hydrogen-bond acceptors (Lipinski definition) is 3. The molecule has 0 unspecified atom stereocenters. The summed E-state index contributed by atoms with van der Waals surface area (Å²) in [5.74, 6) is 1.78. The fourth-order valence-electron chi connectivity index (χ4n) is 2.08. The quantitative estimate of drug-likeness (QED) is 0.825. The zero-order chi connectivity index (χ0) is 16.7. The molecule has 0 aromatic heterocycles. The molecule has 0 aliphatic heterocycles. The fourth-order valence-corrected chi connectivity index (χ4v) is 2.08. The zero-order valence-corrected chi connectivity index (χ0v) is 13.8. The lowest BCUT2D eigenvalue weighted by Gasteiger charge is -2.11. The summed E-state index contributed by atoms with van der Waals surface area (Å²) in [5.41, 5.74) is 1.23. The molecule has 122 valence electrons. The average molecular weight is 313 g/mol. The number of rotatable bonds is 7. The van der Waals surface area contributed by atoms with Gasteiger partial charge in [-0.3, -0.25) is 4.79 Å². The van der Waals surface area contributed by atoms with Gasteiger partial charge < -0.3 is 14.8 Å². The third-order valence-electron chi connectivity index (χ3n) is 3.43. The van der Waals surface area contributed by atoms with Gasteiger partial charge in [-0.15, -0.1) is 0 Å². The first-order valence-corrected chi connectivity index (χ1v) is 7.77. The molecule has 0 atom stereocenters. The molecule has 0 heterocycles. The minimum absolute atomic E-state index is 0.198. The molecule has 2 rings (SSSR count). The van der Waals surface area contributed by atoms with Crippen molar-refractivity contribution in [2.75, 3.05) is 19.0 Å². The maximum absolute atomic E-state index is 12.3. The molecule has 0 bridgehead atoms. The molecule has 2 aromatic carbocycles. The molecular formula is C19H23NO3. The summed E-state index contributed by atoms with van der Waals surface area (Å²) in [6.07, 6.45) is 1.02. The van der Waals surface area contributed by atoms with E-state index in [1.54, 1.807) is 19.2 Å². The van der Waals surface area contributed by atoms with Crippen molar-refractivity contribution in [2.45, 2.75) is 20.3 Å². The van der Waals surface area contributed by atoms with Crippen molar-refractivity contribution in [2.24, 2.45) is 5.92 Å². The molecule has 0 spiro atoms. The first-order chi connectivity index (χ1) is 11.1. The van der Waals surface area contributed by atoms with Gasteiger partial charge in [0.15, 0.2) is 0 Å². The van der Waals surface area contributed by atoms with Gasteiger partial charge >= 0.3 is 0 Å². The topological polar surface area (TPSA) is 47.6 Å². The Morgan fingerprint density at radius 1 is 1.09 bits per heavy atom. The van der Waals surface area contributed by atoms with Gasteiger partial charge in [-0.05, 0) is 48.7 Å². The Kier molecular flexibility index (Phi) is 6.03. The number of para-hydroxylation sites is 1. The van der Waals surface area contributed by atoms with Crippen LogP contribution in [0, 0.1) is 5.92 Å². The fraction of sp³-hybridized carbons (Fsp3) is 0.316. The number of carbonyl (C=O) groups is 1. The molecule has 0 saturated carbocycles. The van der Waals surface area contributed by atoms with Crippen LogP contribution in [0.1, 0.15) is 30.6 Å². The smallest absolute Gasteiger partial charge is 0.259 e. The molecule has 23 heavy (non-hydrogen) atoms. The summed E-state index contributed by atoms with van der Waals surface area (Å²) in [4.78, 5) is 12.3. The summed E-state index contributed by atoms with van der Waals surface area (Å²) in [7, 11) is 1.55. The van der Waals surface area contributed by atoms with Crippen molar-refractivity contribution in [3.05, 3.63) is 54.1 Å². The van der Waals surface area contributed by atoms with Crippen LogP contribution in [0.2, 0.25) is 0 Å². The van der Waals surface area contributed by atoms with E-state index in [1.165, 1.54) is 0 Å². The third-order valence-corrected chi connectivity index (χ3v) is 3.43. The first kappa shape index (κ1) is 16.9. The van der Waals surface area contributed by atoms with Crippen LogP contribution in [0.25, 0.3) is 0 Å². The lowest BCUT2D eigenvalue weighted by atomic mass is 10.1. The van der Waals surface area contributed by atoms with Crippen LogP contribution in [0.5, 0.6) is 11.5 Å². The van der Waals surface area contributed by atoms with E-state index >= 15 is 0 Å². The first-order valence-electron chi connectivity index (χ1n) is 7.77. The Labute approximate surface area is 137 Å². The van der Waals surface area contributed by atoms with E-state index in [-0.39, 0.29) is 5.91 Å². The van der Waals surface area contributed by atoms with E-state index in [9.17, 15) is 4.79 Å². The predicted molar refractivity (Wildman–Crippen MR) is 92.3 cm³/mol. The molecule has 0 aliphatic rings. The van der Waals surface area contributed by atoms with Crippen molar-refractivity contribution in [1.82, 2.24) is 0 Å². The minimum Gasteiger partial charge on any atom is -0.496 e. The monoisotopic (exact) mass is 313 g/mol. The maximum Gasteiger partial charge on any atom is 0.259 e. The van der Waals surface area contributed by atoms with Crippen LogP contribution >= 0.6 is 0 Å². The summed E-state index contributed by atoms with van der Waals surface area (Å²) in [6.45, 7) is 5.03. The number of carbonyl (C=O) groups excluding carboxylic acids is 1. The molecule has 4 heteroatoms. The van der Waals surface area contributed by atoms with Crippen molar-refractivity contribution in [3.8, 4) is 11.5 Å². The van der Waals surface area contributed by atoms with E-state index in [0.717, 1.165) is 17.9 Å². The number of anilines is 1. The van der Waals surface area contributed by atoms with E-state index in [4.69, 9.17) is 9.47 Å². The highest BCUT2D eigenvalue weighted by molar-refractivity contribution is 6.06. The Morgan fingerprint density at radius 2 is 1.78 bits per heavy atom. The van der Waals surface area contributed by atoms with E-state index in [2.05, 4.69) is 19.2 Å².